The Kier molecular flexibility index (Phi) is 5.64. The molecule has 1 atom stereocenters. The molecule has 0 fully saturated rings. The number of carbonyl (C=O) groups is 1. The molecule has 0 saturated carbocycles. The van der Waals surface area contributed by atoms with Crippen molar-refractivity contribution in [3.8, 4) is 22.3 Å². The van der Waals surface area contributed by atoms with Crippen molar-refractivity contribution in [2.75, 3.05) is 0 Å². The van der Waals surface area contributed by atoms with E-state index in [9.17, 15) is 14.3 Å². The first-order chi connectivity index (χ1) is 16.9. The average molecular weight is 471 g/mol. The van der Waals surface area contributed by atoms with Crippen molar-refractivity contribution >= 4 is 17.0 Å². The number of rotatable bonds is 6. The predicted molar refractivity (Wildman–Crippen MR) is 130 cm³/mol. The molecule has 5 aromatic rings. The first-order valence-corrected chi connectivity index (χ1v) is 11.3. The van der Waals surface area contributed by atoms with E-state index in [4.69, 9.17) is 9.51 Å². The van der Waals surface area contributed by atoms with Gasteiger partial charge in [0.15, 0.2) is 0 Å². The molecule has 1 N–H and O–H groups in total. The molecule has 0 radical (unpaired) electrons. The van der Waals surface area contributed by atoms with Gasteiger partial charge >= 0.3 is 5.97 Å². The fraction of sp³-hybridized carbons (Fsp3) is 0.185. The Morgan fingerprint density at radius 2 is 1.97 bits per heavy atom. The van der Waals surface area contributed by atoms with Crippen LogP contribution in [0.2, 0.25) is 0 Å². The third kappa shape index (κ3) is 3.86. The number of carboxylic acid groups (broad SMARTS) is 1. The molecule has 35 heavy (non-hydrogen) atoms. The van der Waals surface area contributed by atoms with Gasteiger partial charge in [0, 0.05) is 35.3 Å². The van der Waals surface area contributed by atoms with Crippen LogP contribution in [0.15, 0.2) is 65.6 Å². The fourth-order valence-electron chi connectivity index (χ4n) is 4.61. The maximum atomic E-state index is 14.1. The minimum absolute atomic E-state index is 0.0893. The molecule has 4 heterocycles. The second-order valence-electron chi connectivity index (χ2n) is 8.42. The molecule has 0 aliphatic rings. The molecule has 0 aliphatic carbocycles. The molecule has 176 valence electrons. The summed E-state index contributed by atoms with van der Waals surface area (Å²) >= 11 is 0. The second kappa shape index (κ2) is 8.79. The number of hydrogen-bond donors (Lipinski definition) is 1. The van der Waals surface area contributed by atoms with Gasteiger partial charge in [0.1, 0.15) is 11.6 Å². The van der Waals surface area contributed by atoms with E-state index in [2.05, 4.69) is 21.6 Å². The Balaban J connectivity index is 1.78. The lowest BCUT2D eigenvalue weighted by molar-refractivity contribution is 0.0692. The molecule has 0 bridgehead atoms. The van der Waals surface area contributed by atoms with Gasteiger partial charge in [0.25, 0.3) is 0 Å². The highest BCUT2D eigenvalue weighted by Gasteiger charge is 2.22. The van der Waals surface area contributed by atoms with E-state index in [1.807, 2.05) is 44.3 Å². The van der Waals surface area contributed by atoms with Crippen molar-refractivity contribution in [1.29, 1.82) is 0 Å². The van der Waals surface area contributed by atoms with Gasteiger partial charge in [-0.3, -0.25) is 9.97 Å². The summed E-state index contributed by atoms with van der Waals surface area (Å²) < 4.78 is 21.6. The zero-order chi connectivity index (χ0) is 24.7. The summed E-state index contributed by atoms with van der Waals surface area (Å²) in [5, 5.41) is 13.5. The highest BCUT2D eigenvalue weighted by molar-refractivity contribution is 5.97. The number of fused-ring (bicyclic) bond motifs is 1. The maximum absolute atomic E-state index is 14.1. The third-order valence-electron chi connectivity index (χ3n) is 6.25. The minimum atomic E-state index is -1.32. The van der Waals surface area contributed by atoms with Gasteiger partial charge in [-0.15, -0.1) is 0 Å². The summed E-state index contributed by atoms with van der Waals surface area (Å²) in [6.45, 7) is 5.82. The van der Waals surface area contributed by atoms with Crippen LogP contribution in [0.4, 0.5) is 4.39 Å². The van der Waals surface area contributed by atoms with Crippen molar-refractivity contribution in [1.82, 2.24) is 19.7 Å². The lowest BCUT2D eigenvalue weighted by Gasteiger charge is -2.18. The molecular formula is C27H23FN4O3. The highest BCUT2D eigenvalue weighted by atomic mass is 19.1. The molecular weight excluding hydrogens is 447 g/mol. The van der Waals surface area contributed by atoms with Crippen LogP contribution in [-0.4, -0.2) is 30.8 Å². The summed E-state index contributed by atoms with van der Waals surface area (Å²) in [6, 6.07) is 11.8. The van der Waals surface area contributed by atoms with Gasteiger partial charge < -0.3 is 14.2 Å². The number of aryl methyl sites for hydroxylation is 2. The van der Waals surface area contributed by atoms with E-state index in [-0.39, 0.29) is 11.6 Å². The van der Waals surface area contributed by atoms with E-state index in [1.54, 1.807) is 18.5 Å². The number of nitrogens with zero attached hydrogens (tertiary/aromatic N) is 4. The first-order valence-electron chi connectivity index (χ1n) is 11.3. The van der Waals surface area contributed by atoms with E-state index in [0.29, 0.717) is 22.4 Å². The Hall–Kier alpha value is -4.33. The molecule has 1 aromatic carbocycles. The second-order valence-corrected chi connectivity index (χ2v) is 8.42. The maximum Gasteiger partial charge on any atom is 0.338 e. The standard InChI is InChI=1S/C27H23FN4O3/c1-4-23(22-7-5-6-10-29-22)32-14-20(17-8-9-21(28)19(11-17)27(33)34)26-24(32)12-18(13-30-26)25-15(2)31-35-16(25)3/h5-14,23H,4H2,1-3H3,(H,33,34)/t23-/m0/s1. The molecule has 4 aromatic heterocycles. The van der Waals surface area contributed by atoms with E-state index >= 15 is 0 Å². The number of carboxylic acids is 1. The van der Waals surface area contributed by atoms with Gasteiger partial charge in [-0.25, -0.2) is 9.18 Å². The summed E-state index contributed by atoms with van der Waals surface area (Å²) in [7, 11) is 0. The highest BCUT2D eigenvalue weighted by Crippen LogP contribution is 2.37. The minimum Gasteiger partial charge on any atom is -0.478 e. The quantitative estimate of drug-likeness (QED) is 0.317. The summed E-state index contributed by atoms with van der Waals surface area (Å²) in [4.78, 5) is 20.9. The van der Waals surface area contributed by atoms with Crippen LogP contribution in [0.3, 0.4) is 0 Å². The number of aromatic nitrogens is 4. The van der Waals surface area contributed by atoms with Crippen LogP contribution in [0.25, 0.3) is 33.3 Å². The lowest BCUT2D eigenvalue weighted by atomic mass is 10.0. The Morgan fingerprint density at radius 1 is 1.14 bits per heavy atom. The predicted octanol–water partition coefficient (Wildman–Crippen LogP) is 6.21. The van der Waals surface area contributed by atoms with Crippen molar-refractivity contribution in [2.24, 2.45) is 0 Å². The van der Waals surface area contributed by atoms with Gasteiger partial charge in [-0.05, 0) is 56.2 Å². The molecule has 0 aliphatic heterocycles. The van der Waals surface area contributed by atoms with Gasteiger partial charge in [0.2, 0.25) is 0 Å². The number of aromatic carboxylic acids is 1. The molecule has 0 saturated heterocycles. The molecule has 7 nitrogen and oxygen atoms in total. The van der Waals surface area contributed by atoms with Crippen LogP contribution in [0.1, 0.15) is 46.9 Å². The van der Waals surface area contributed by atoms with Gasteiger partial charge in [0.05, 0.1) is 34.0 Å². The number of pyridine rings is 2. The van der Waals surface area contributed by atoms with E-state index in [1.165, 1.54) is 12.1 Å². The zero-order valence-corrected chi connectivity index (χ0v) is 19.5. The first kappa shape index (κ1) is 22.5. The lowest BCUT2D eigenvalue weighted by Crippen LogP contribution is -2.10. The van der Waals surface area contributed by atoms with Crippen molar-refractivity contribution in [2.45, 2.75) is 33.2 Å². The van der Waals surface area contributed by atoms with Gasteiger partial charge in [-0.2, -0.15) is 0 Å². The molecule has 0 spiro atoms. The van der Waals surface area contributed by atoms with Crippen molar-refractivity contribution in [3.05, 3.63) is 89.6 Å². The molecule has 5 rings (SSSR count). The number of halogens is 1. The zero-order valence-electron chi connectivity index (χ0n) is 19.5. The van der Waals surface area contributed by atoms with Crippen LogP contribution >= 0.6 is 0 Å². The van der Waals surface area contributed by atoms with Gasteiger partial charge in [-0.1, -0.05) is 24.2 Å². The molecule has 8 heteroatoms. The fourth-order valence-corrected chi connectivity index (χ4v) is 4.61. The van der Waals surface area contributed by atoms with E-state index in [0.717, 1.165) is 34.5 Å². The summed E-state index contributed by atoms with van der Waals surface area (Å²) in [6.07, 6.45) is 6.22. The number of hydrogen-bond acceptors (Lipinski definition) is 5. The SMILES string of the molecule is CC[C@@H](c1ccccn1)n1cc(-c2ccc(F)c(C(=O)O)c2)c2ncc(-c3c(C)noc3C)cc21. The third-order valence-corrected chi connectivity index (χ3v) is 6.25. The Morgan fingerprint density at radius 3 is 2.63 bits per heavy atom. The average Bonchev–Trinajstić information content (AvgIpc) is 3.39. The smallest absolute Gasteiger partial charge is 0.338 e. The topological polar surface area (TPSA) is 94.0 Å². The van der Waals surface area contributed by atoms with Crippen molar-refractivity contribution < 1.29 is 18.8 Å². The molecule has 0 amide bonds. The van der Waals surface area contributed by atoms with Crippen LogP contribution in [0, 0.1) is 19.7 Å². The van der Waals surface area contributed by atoms with Crippen molar-refractivity contribution in [3.63, 3.8) is 0 Å². The molecule has 0 unspecified atom stereocenters. The van der Waals surface area contributed by atoms with Crippen LogP contribution in [0.5, 0.6) is 0 Å². The summed E-state index contributed by atoms with van der Waals surface area (Å²) in [5.74, 6) is -1.40. The Bertz CT molecular complexity index is 1540. The normalized spacial score (nSPS) is 12.2. The van der Waals surface area contributed by atoms with E-state index < -0.39 is 11.8 Å². The number of benzene rings is 1. The largest absolute Gasteiger partial charge is 0.478 e. The summed E-state index contributed by atoms with van der Waals surface area (Å²) in [5.41, 5.74) is 5.83. The van der Waals surface area contributed by atoms with Crippen LogP contribution < -0.4 is 0 Å². The Labute approximate surface area is 200 Å². The monoisotopic (exact) mass is 470 g/mol. The van der Waals surface area contributed by atoms with Crippen LogP contribution in [-0.2, 0) is 0 Å².